The molecule has 1 unspecified atom stereocenters. The van der Waals surface area contributed by atoms with Gasteiger partial charge in [-0.3, -0.25) is 14.4 Å². The molecular formula is C32H37N3O6. The van der Waals surface area contributed by atoms with E-state index in [4.69, 9.17) is 4.74 Å². The van der Waals surface area contributed by atoms with E-state index in [1.54, 1.807) is 54.6 Å². The zero-order valence-corrected chi connectivity index (χ0v) is 23.3. The van der Waals surface area contributed by atoms with Crippen molar-refractivity contribution >= 4 is 23.7 Å². The largest absolute Gasteiger partial charge is 0.445 e. The average Bonchev–Trinajstić information content (AvgIpc) is 2.98. The summed E-state index contributed by atoms with van der Waals surface area (Å²) < 4.78 is 5.28. The maximum Gasteiger partial charge on any atom is 0.408 e. The van der Waals surface area contributed by atoms with E-state index in [2.05, 4.69) is 16.0 Å². The van der Waals surface area contributed by atoms with Crippen molar-refractivity contribution in [2.75, 3.05) is 6.54 Å². The summed E-state index contributed by atoms with van der Waals surface area (Å²) in [6.45, 7) is 3.66. The lowest BCUT2D eigenvalue weighted by Gasteiger charge is -2.24. The van der Waals surface area contributed by atoms with Gasteiger partial charge in [0.2, 0.25) is 11.7 Å². The van der Waals surface area contributed by atoms with Gasteiger partial charge in [-0.25, -0.2) is 4.79 Å². The van der Waals surface area contributed by atoms with E-state index in [0.29, 0.717) is 5.56 Å². The Hall–Kier alpha value is -4.50. The fourth-order valence-corrected chi connectivity index (χ4v) is 4.17. The molecule has 216 valence electrons. The maximum absolute atomic E-state index is 13.4. The molecule has 3 amide bonds. The summed E-state index contributed by atoms with van der Waals surface area (Å²) in [5.41, 5.74) is 2.12. The van der Waals surface area contributed by atoms with E-state index >= 15 is 0 Å². The van der Waals surface area contributed by atoms with Crippen LogP contribution >= 0.6 is 0 Å². The molecule has 9 heteroatoms. The molecule has 0 aliphatic heterocycles. The van der Waals surface area contributed by atoms with Gasteiger partial charge in [0.15, 0.2) is 0 Å². The monoisotopic (exact) mass is 559 g/mol. The zero-order chi connectivity index (χ0) is 29.6. The highest BCUT2D eigenvalue weighted by atomic mass is 16.5. The Morgan fingerprint density at radius 1 is 0.756 bits per heavy atom. The normalized spacial score (nSPS) is 13.0. The van der Waals surface area contributed by atoms with Crippen LogP contribution in [0.5, 0.6) is 0 Å². The number of carbonyl (C=O) groups is 4. The molecule has 0 heterocycles. The fourth-order valence-electron chi connectivity index (χ4n) is 4.17. The van der Waals surface area contributed by atoms with E-state index in [9.17, 15) is 24.3 Å². The number of ketones is 1. The molecule has 3 rings (SSSR count). The van der Waals surface area contributed by atoms with Crippen molar-refractivity contribution in [2.24, 2.45) is 5.92 Å². The minimum Gasteiger partial charge on any atom is -0.445 e. The maximum atomic E-state index is 13.4. The van der Waals surface area contributed by atoms with Crippen molar-refractivity contribution < 1.29 is 29.0 Å². The number of hydrogen-bond acceptors (Lipinski definition) is 6. The second kappa shape index (κ2) is 15.9. The van der Waals surface area contributed by atoms with Crippen molar-refractivity contribution in [3.05, 3.63) is 108 Å². The standard InChI is InChI=1S/C32H37N3O6/c1-22(2)18-27(35-32(40)41-21-24-14-8-4-9-15-24)30(38)34-26(19-23-12-6-3-7-13-23)29(37)31(39)33-20-28(36)25-16-10-5-11-17-25/h3-17,22,26-28,36H,18-21H2,1-2H3,(H,33,39)(H,34,38)(H,35,40)/t26-,27-,28?/m0/s1. The molecular weight excluding hydrogens is 522 g/mol. The fraction of sp³-hybridized carbons (Fsp3) is 0.312. The Balaban J connectivity index is 1.68. The van der Waals surface area contributed by atoms with Crippen molar-refractivity contribution in [1.29, 1.82) is 0 Å². The molecule has 0 saturated heterocycles. The predicted molar refractivity (Wildman–Crippen MR) is 155 cm³/mol. The van der Waals surface area contributed by atoms with Gasteiger partial charge in [0.25, 0.3) is 5.91 Å². The number of aliphatic hydroxyl groups is 1. The van der Waals surface area contributed by atoms with Crippen molar-refractivity contribution in [1.82, 2.24) is 16.0 Å². The molecule has 9 nitrogen and oxygen atoms in total. The SMILES string of the molecule is CC(C)C[C@H](NC(=O)OCc1ccccc1)C(=O)N[C@@H](Cc1ccccc1)C(=O)C(=O)NCC(O)c1ccccc1. The van der Waals surface area contributed by atoms with Crippen molar-refractivity contribution in [3.8, 4) is 0 Å². The lowest BCUT2D eigenvalue weighted by Crippen LogP contribution is -2.55. The molecule has 0 aromatic heterocycles. The van der Waals surface area contributed by atoms with E-state index < -0.39 is 41.9 Å². The van der Waals surface area contributed by atoms with Gasteiger partial charge in [-0.05, 0) is 29.0 Å². The summed E-state index contributed by atoms with van der Waals surface area (Å²) in [5.74, 6) is -2.37. The van der Waals surface area contributed by atoms with Gasteiger partial charge in [-0.15, -0.1) is 0 Å². The number of alkyl carbamates (subject to hydrolysis) is 1. The van der Waals surface area contributed by atoms with Gasteiger partial charge in [0, 0.05) is 13.0 Å². The summed E-state index contributed by atoms with van der Waals surface area (Å²) in [6.07, 6.45) is -1.43. The van der Waals surface area contributed by atoms with Crippen LogP contribution in [0.3, 0.4) is 0 Å². The third kappa shape index (κ3) is 10.5. The van der Waals surface area contributed by atoms with Gasteiger partial charge < -0.3 is 25.8 Å². The predicted octanol–water partition coefficient (Wildman–Crippen LogP) is 3.47. The first-order chi connectivity index (χ1) is 19.7. The molecule has 3 aromatic rings. The average molecular weight is 560 g/mol. The first-order valence-electron chi connectivity index (χ1n) is 13.6. The lowest BCUT2D eigenvalue weighted by atomic mass is 9.99. The van der Waals surface area contributed by atoms with Gasteiger partial charge in [0.05, 0.1) is 6.10 Å². The molecule has 0 bridgehead atoms. The highest BCUT2D eigenvalue weighted by Crippen LogP contribution is 2.12. The number of amides is 3. The van der Waals surface area contributed by atoms with Gasteiger partial charge in [0.1, 0.15) is 18.7 Å². The van der Waals surface area contributed by atoms with Gasteiger partial charge in [-0.1, -0.05) is 105 Å². The molecule has 0 aliphatic rings. The smallest absolute Gasteiger partial charge is 0.408 e. The molecule has 3 aromatic carbocycles. The Bertz CT molecular complexity index is 1270. The minimum atomic E-state index is -1.20. The Labute approximate surface area is 240 Å². The summed E-state index contributed by atoms with van der Waals surface area (Å²) in [6, 6.07) is 24.7. The second-order valence-electron chi connectivity index (χ2n) is 10.1. The molecule has 3 atom stereocenters. The van der Waals surface area contributed by atoms with Crippen LogP contribution in [0.2, 0.25) is 0 Å². The number of nitrogens with one attached hydrogen (secondary N) is 3. The summed E-state index contributed by atoms with van der Waals surface area (Å²) in [5, 5.41) is 18.1. The first kappa shape index (κ1) is 31.0. The third-order valence-corrected chi connectivity index (χ3v) is 6.31. The topological polar surface area (TPSA) is 134 Å². The number of aliphatic hydroxyl groups excluding tert-OH is 1. The van der Waals surface area contributed by atoms with E-state index in [-0.39, 0.29) is 31.9 Å². The van der Waals surface area contributed by atoms with Crippen LogP contribution in [0, 0.1) is 5.92 Å². The number of carbonyl (C=O) groups excluding carboxylic acids is 4. The Kier molecular flexibility index (Phi) is 12.1. The summed E-state index contributed by atoms with van der Waals surface area (Å²) in [7, 11) is 0. The van der Waals surface area contributed by atoms with Gasteiger partial charge >= 0.3 is 6.09 Å². The first-order valence-corrected chi connectivity index (χ1v) is 13.6. The molecule has 4 N–H and O–H groups in total. The molecule has 0 saturated carbocycles. The van der Waals surface area contributed by atoms with Crippen LogP contribution < -0.4 is 16.0 Å². The quantitative estimate of drug-likeness (QED) is 0.224. The van der Waals surface area contributed by atoms with E-state index in [1.165, 1.54) is 0 Å². The van der Waals surface area contributed by atoms with Crippen LogP contribution in [-0.4, -0.2) is 47.4 Å². The number of benzene rings is 3. The number of rotatable bonds is 14. The molecule has 0 fully saturated rings. The van der Waals surface area contributed by atoms with Crippen LogP contribution in [0.1, 0.15) is 43.1 Å². The molecule has 0 aliphatic carbocycles. The molecule has 41 heavy (non-hydrogen) atoms. The third-order valence-electron chi connectivity index (χ3n) is 6.31. The van der Waals surface area contributed by atoms with Gasteiger partial charge in [-0.2, -0.15) is 0 Å². The highest BCUT2D eigenvalue weighted by Gasteiger charge is 2.31. The second-order valence-corrected chi connectivity index (χ2v) is 10.1. The molecule has 0 radical (unpaired) electrons. The van der Waals surface area contributed by atoms with Crippen LogP contribution in [0.15, 0.2) is 91.0 Å². The van der Waals surface area contributed by atoms with Crippen LogP contribution in [0.25, 0.3) is 0 Å². The highest BCUT2D eigenvalue weighted by molar-refractivity contribution is 6.38. The van der Waals surface area contributed by atoms with Crippen molar-refractivity contribution in [2.45, 2.75) is 51.5 Å². The van der Waals surface area contributed by atoms with Crippen molar-refractivity contribution in [3.63, 3.8) is 0 Å². The zero-order valence-electron chi connectivity index (χ0n) is 23.3. The number of ether oxygens (including phenoxy) is 1. The van der Waals surface area contributed by atoms with E-state index in [0.717, 1.165) is 11.1 Å². The van der Waals surface area contributed by atoms with Crippen LogP contribution in [-0.2, 0) is 32.1 Å². The summed E-state index contributed by atoms with van der Waals surface area (Å²) >= 11 is 0. The Morgan fingerprint density at radius 2 is 1.32 bits per heavy atom. The number of Topliss-reactive ketones (excluding diaryl/α,β-unsaturated/α-hetero) is 1. The van der Waals surface area contributed by atoms with Crippen LogP contribution in [0.4, 0.5) is 4.79 Å². The molecule has 0 spiro atoms. The summed E-state index contributed by atoms with van der Waals surface area (Å²) in [4.78, 5) is 52.0. The lowest BCUT2D eigenvalue weighted by molar-refractivity contribution is -0.140. The minimum absolute atomic E-state index is 0.0335. The number of hydrogen-bond donors (Lipinski definition) is 4. The van der Waals surface area contributed by atoms with E-state index in [1.807, 2.05) is 50.2 Å². The Morgan fingerprint density at radius 3 is 1.90 bits per heavy atom.